The molecule has 1 aromatic carbocycles. The number of benzene rings is 1. The van der Waals surface area contributed by atoms with Gasteiger partial charge in [-0.15, -0.1) is 0 Å². The van der Waals surface area contributed by atoms with Crippen LogP contribution in [0, 0.1) is 0 Å². The van der Waals surface area contributed by atoms with E-state index in [9.17, 15) is 14.7 Å². The number of hydrogen-bond donors (Lipinski definition) is 3. The number of carbonyl (C=O) groups is 2. The molecule has 0 saturated carbocycles. The molecule has 2 amide bonds. The van der Waals surface area contributed by atoms with Gasteiger partial charge in [0.2, 0.25) is 0 Å². The molecule has 13 heteroatoms. The Bertz CT molecular complexity index is 1320. The number of hydrogen-bond acceptors (Lipinski definition) is 10. The summed E-state index contributed by atoms with van der Waals surface area (Å²) in [6.07, 6.45) is 1.61. The summed E-state index contributed by atoms with van der Waals surface area (Å²) in [5, 5.41) is 15.4. The zero-order valence-electron chi connectivity index (χ0n) is 22.1. The molecule has 0 atom stereocenters. The maximum absolute atomic E-state index is 12.6. The van der Waals surface area contributed by atoms with E-state index in [1.54, 1.807) is 43.5 Å². The van der Waals surface area contributed by atoms with E-state index in [1.807, 2.05) is 11.0 Å². The zero-order chi connectivity index (χ0) is 27.9. The van der Waals surface area contributed by atoms with Gasteiger partial charge >= 0.3 is 12.0 Å². The molecule has 2 aliphatic rings. The molecule has 0 spiro atoms. The Morgan fingerprint density at radius 3 is 2.12 bits per heavy atom. The summed E-state index contributed by atoms with van der Waals surface area (Å²) in [7, 11) is 0. The van der Waals surface area contributed by atoms with E-state index in [0.29, 0.717) is 62.3 Å². The molecule has 2 fully saturated rings. The molecule has 0 bridgehead atoms. The van der Waals surface area contributed by atoms with Crippen molar-refractivity contribution >= 4 is 35.0 Å². The average Bonchev–Trinajstić information content (AvgIpc) is 2.99. The first kappa shape index (κ1) is 27.1. The van der Waals surface area contributed by atoms with Crippen molar-refractivity contribution in [2.24, 2.45) is 0 Å². The molecule has 13 nitrogen and oxygen atoms in total. The largest absolute Gasteiger partial charge is 0.488 e. The van der Waals surface area contributed by atoms with Gasteiger partial charge in [0.25, 0.3) is 0 Å². The molecule has 0 radical (unpaired) electrons. The number of nitrogens with one attached hydrogen (secondary N) is 2. The lowest BCUT2D eigenvalue weighted by molar-refractivity contribution is 0.0685. The first-order valence-corrected chi connectivity index (χ1v) is 13.1. The van der Waals surface area contributed by atoms with Gasteiger partial charge in [0.05, 0.1) is 44.9 Å². The highest BCUT2D eigenvalue weighted by atomic mass is 16.5. The molecule has 4 heterocycles. The number of carboxylic acids is 1. The lowest BCUT2D eigenvalue weighted by Gasteiger charge is -2.29. The fourth-order valence-corrected chi connectivity index (χ4v) is 4.42. The topological polar surface area (TPSA) is 151 Å². The summed E-state index contributed by atoms with van der Waals surface area (Å²) in [6.45, 7) is 7.07. The van der Waals surface area contributed by atoms with Crippen LogP contribution < -0.4 is 25.2 Å². The summed E-state index contributed by atoms with van der Waals surface area (Å²) in [5.41, 5.74) is 1.49. The van der Waals surface area contributed by atoms with Crippen LogP contribution in [0.2, 0.25) is 0 Å². The van der Waals surface area contributed by atoms with Crippen LogP contribution in [0.5, 0.6) is 5.75 Å². The SMILES string of the molecule is CCOc1c(C(=O)O)nc(-c2ccc(NC(=O)Nc3ccc(N4CCOCC4)nc3)cc2)nc1N1CCOCC1. The van der Waals surface area contributed by atoms with Crippen LogP contribution in [0.15, 0.2) is 42.6 Å². The van der Waals surface area contributed by atoms with Crippen LogP contribution in [0.25, 0.3) is 11.4 Å². The van der Waals surface area contributed by atoms with Crippen LogP contribution in [0.3, 0.4) is 0 Å². The minimum absolute atomic E-state index is 0.142. The van der Waals surface area contributed by atoms with E-state index in [-0.39, 0.29) is 23.9 Å². The monoisotopic (exact) mass is 549 g/mol. The third-order valence-electron chi connectivity index (χ3n) is 6.39. The van der Waals surface area contributed by atoms with Crippen molar-refractivity contribution in [3.63, 3.8) is 0 Å². The van der Waals surface area contributed by atoms with Crippen LogP contribution >= 0.6 is 0 Å². The molecule has 0 aliphatic carbocycles. The number of aromatic nitrogens is 3. The minimum Gasteiger partial charge on any atom is -0.488 e. The lowest BCUT2D eigenvalue weighted by atomic mass is 10.2. The second-order valence-electron chi connectivity index (χ2n) is 9.05. The van der Waals surface area contributed by atoms with Crippen molar-refractivity contribution in [1.82, 2.24) is 15.0 Å². The van der Waals surface area contributed by atoms with E-state index in [0.717, 1.165) is 18.9 Å². The Kier molecular flexibility index (Phi) is 8.52. The number of pyridine rings is 1. The third-order valence-corrected chi connectivity index (χ3v) is 6.39. The maximum atomic E-state index is 12.6. The number of ether oxygens (including phenoxy) is 3. The second kappa shape index (κ2) is 12.6. The number of aromatic carboxylic acids is 1. The van der Waals surface area contributed by atoms with Crippen LogP contribution in [-0.4, -0.2) is 91.3 Å². The van der Waals surface area contributed by atoms with Gasteiger partial charge in [-0.2, -0.15) is 0 Å². The zero-order valence-corrected chi connectivity index (χ0v) is 22.1. The number of nitrogens with zero attached hydrogens (tertiary/aromatic N) is 5. The molecule has 3 aromatic rings. The second-order valence-corrected chi connectivity index (χ2v) is 9.05. The fourth-order valence-electron chi connectivity index (χ4n) is 4.42. The van der Waals surface area contributed by atoms with Gasteiger partial charge in [0.1, 0.15) is 5.82 Å². The summed E-state index contributed by atoms with van der Waals surface area (Å²) in [6, 6.07) is 10.1. The number of carbonyl (C=O) groups excluding carboxylic acids is 1. The highest BCUT2D eigenvalue weighted by Crippen LogP contribution is 2.33. The number of urea groups is 1. The standard InChI is InChI=1S/C27H31N7O6/c1-2-40-23-22(26(35)36)31-24(32-25(23)34-11-15-39-16-12-34)18-3-5-19(6-4-18)29-27(37)30-20-7-8-21(28-17-20)33-9-13-38-14-10-33/h3-8,17H,2,9-16H2,1H3,(H,35,36)(H2,29,30,37). The predicted octanol–water partition coefficient (Wildman–Crippen LogP) is 2.95. The Hall–Kier alpha value is -4.49. The lowest BCUT2D eigenvalue weighted by Crippen LogP contribution is -2.37. The predicted molar refractivity (Wildman–Crippen MR) is 149 cm³/mol. The van der Waals surface area contributed by atoms with Crippen LogP contribution in [0.4, 0.5) is 27.8 Å². The summed E-state index contributed by atoms with van der Waals surface area (Å²) in [5.74, 6) is 0.434. The number of morpholine rings is 2. The van der Waals surface area contributed by atoms with Crippen molar-refractivity contribution < 1.29 is 28.9 Å². The van der Waals surface area contributed by atoms with E-state index in [2.05, 4.69) is 30.5 Å². The molecule has 40 heavy (non-hydrogen) atoms. The Balaban J connectivity index is 1.29. The molecule has 2 saturated heterocycles. The van der Waals surface area contributed by atoms with Gasteiger partial charge < -0.3 is 39.8 Å². The summed E-state index contributed by atoms with van der Waals surface area (Å²) in [4.78, 5) is 42.1. The number of amides is 2. The van der Waals surface area contributed by atoms with Gasteiger partial charge in [-0.1, -0.05) is 0 Å². The molecule has 210 valence electrons. The van der Waals surface area contributed by atoms with E-state index in [4.69, 9.17) is 14.2 Å². The van der Waals surface area contributed by atoms with Crippen molar-refractivity contribution in [3.8, 4) is 17.1 Å². The molecule has 3 N–H and O–H groups in total. The smallest absolute Gasteiger partial charge is 0.358 e. The van der Waals surface area contributed by atoms with Crippen molar-refractivity contribution in [3.05, 3.63) is 48.3 Å². The van der Waals surface area contributed by atoms with Crippen molar-refractivity contribution in [1.29, 1.82) is 0 Å². The number of carboxylic acid groups (broad SMARTS) is 1. The molecular weight excluding hydrogens is 518 g/mol. The van der Waals surface area contributed by atoms with Crippen LogP contribution in [0.1, 0.15) is 17.4 Å². The van der Waals surface area contributed by atoms with E-state index in [1.165, 1.54) is 0 Å². The minimum atomic E-state index is -1.20. The average molecular weight is 550 g/mol. The molecule has 0 unspecified atom stereocenters. The van der Waals surface area contributed by atoms with E-state index < -0.39 is 12.0 Å². The molecule has 2 aromatic heterocycles. The summed E-state index contributed by atoms with van der Waals surface area (Å²) >= 11 is 0. The van der Waals surface area contributed by atoms with Gasteiger partial charge in [0, 0.05) is 37.4 Å². The summed E-state index contributed by atoms with van der Waals surface area (Å²) < 4.78 is 16.5. The number of rotatable bonds is 8. The molecular formula is C27H31N7O6. The third kappa shape index (κ3) is 6.38. The molecule has 2 aliphatic heterocycles. The van der Waals surface area contributed by atoms with Crippen molar-refractivity contribution in [2.75, 3.05) is 79.6 Å². The fraction of sp³-hybridized carbons (Fsp3) is 0.370. The van der Waals surface area contributed by atoms with E-state index >= 15 is 0 Å². The van der Waals surface area contributed by atoms with Gasteiger partial charge in [0.15, 0.2) is 23.1 Å². The van der Waals surface area contributed by atoms with Crippen molar-refractivity contribution in [2.45, 2.75) is 6.92 Å². The quantitative estimate of drug-likeness (QED) is 0.380. The van der Waals surface area contributed by atoms with Crippen LogP contribution in [-0.2, 0) is 9.47 Å². The normalized spacial score (nSPS) is 15.4. The van der Waals surface area contributed by atoms with Gasteiger partial charge in [-0.25, -0.2) is 24.5 Å². The van der Waals surface area contributed by atoms with Gasteiger partial charge in [-0.05, 0) is 43.3 Å². The highest BCUT2D eigenvalue weighted by molar-refractivity contribution is 5.99. The Morgan fingerprint density at radius 1 is 0.900 bits per heavy atom. The Labute approximate surface area is 231 Å². The highest BCUT2D eigenvalue weighted by Gasteiger charge is 2.26. The first-order chi connectivity index (χ1) is 19.5. The molecule has 5 rings (SSSR count). The first-order valence-electron chi connectivity index (χ1n) is 13.1. The number of anilines is 4. The maximum Gasteiger partial charge on any atom is 0.358 e. The Morgan fingerprint density at radius 2 is 1.52 bits per heavy atom. The van der Waals surface area contributed by atoms with Gasteiger partial charge in [-0.3, -0.25) is 0 Å².